The summed E-state index contributed by atoms with van der Waals surface area (Å²) < 4.78 is 10.9. The van der Waals surface area contributed by atoms with Crippen LogP contribution in [0.3, 0.4) is 0 Å². The molecule has 1 fully saturated rings. The van der Waals surface area contributed by atoms with Crippen molar-refractivity contribution in [3.05, 3.63) is 0 Å². The van der Waals surface area contributed by atoms with Crippen molar-refractivity contribution in [2.75, 3.05) is 25.4 Å². The third-order valence-corrected chi connectivity index (χ3v) is 3.47. The van der Waals surface area contributed by atoms with Crippen LogP contribution in [0.5, 0.6) is 5.19 Å². The zero-order chi connectivity index (χ0) is 14.8. The van der Waals surface area contributed by atoms with Crippen LogP contribution in [0.2, 0.25) is 0 Å². The van der Waals surface area contributed by atoms with Gasteiger partial charge in [-0.05, 0) is 38.5 Å². The first-order valence-corrected chi connectivity index (χ1v) is 7.35. The Morgan fingerprint density at radius 3 is 2.85 bits per heavy atom. The molecule has 0 aromatic carbocycles. The van der Waals surface area contributed by atoms with Crippen LogP contribution in [0.15, 0.2) is 0 Å². The highest BCUT2D eigenvalue weighted by Gasteiger charge is 2.30. The molecular formula is C12H20N4O3S. The van der Waals surface area contributed by atoms with Gasteiger partial charge in [-0.3, -0.25) is 0 Å². The molecule has 2 rings (SSSR count). The van der Waals surface area contributed by atoms with Crippen LogP contribution in [0.4, 0.5) is 9.93 Å². The van der Waals surface area contributed by atoms with Crippen LogP contribution in [0.1, 0.15) is 27.2 Å². The lowest BCUT2D eigenvalue weighted by Crippen LogP contribution is -2.35. The average Bonchev–Trinajstić information content (AvgIpc) is 2.93. The van der Waals surface area contributed by atoms with Gasteiger partial charge in [-0.2, -0.15) is 0 Å². The molecule has 2 N–H and O–H groups in total. The molecule has 0 unspecified atom stereocenters. The van der Waals surface area contributed by atoms with Gasteiger partial charge in [-0.25, -0.2) is 4.79 Å². The van der Waals surface area contributed by atoms with E-state index in [-0.39, 0.29) is 12.0 Å². The van der Waals surface area contributed by atoms with Crippen LogP contribution >= 0.6 is 11.3 Å². The van der Waals surface area contributed by atoms with E-state index in [1.807, 2.05) is 20.8 Å². The van der Waals surface area contributed by atoms with Gasteiger partial charge in [0.25, 0.3) is 5.19 Å². The van der Waals surface area contributed by atoms with Crippen LogP contribution in [0, 0.1) is 5.92 Å². The zero-order valence-electron chi connectivity index (χ0n) is 12.0. The van der Waals surface area contributed by atoms with E-state index < -0.39 is 5.60 Å². The molecule has 0 aliphatic carbocycles. The summed E-state index contributed by atoms with van der Waals surface area (Å²) >= 11 is 1.21. The van der Waals surface area contributed by atoms with E-state index in [1.165, 1.54) is 11.3 Å². The number of carbonyl (C=O) groups excluding carboxylic acids is 1. The predicted octanol–water partition coefficient (Wildman–Crippen LogP) is 1.76. The molecule has 1 aromatic rings. The second-order valence-corrected chi connectivity index (χ2v) is 6.77. The molecule has 1 saturated heterocycles. The largest absolute Gasteiger partial charge is 0.469 e. The standard InChI is InChI=1S/C12H20N4O3S/c1-12(2,3)19-11(17)16-5-4-8(6-16)7-18-10-15-14-9(13)20-10/h8H,4-7H2,1-3H3,(H2,13,14)/t8-/m0/s1. The van der Waals surface area contributed by atoms with Gasteiger partial charge in [-0.15, -0.1) is 5.10 Å². The lowest BCUT2D eigenvalue weighted by molar-refractivity contribution is 0.0285. The van der Waals surface area contributed by atoms with Crippen molar-refractivity contribution in [1.82, 2.24) is 15.1 Å². The summed E-state index contributed by atoms with van der Waals surface area (Å²) in [6, 6.07) is 0. The lowest BCUT2D eigenvalue weighted by Gasteiger charge is -2.24. The van der Waals surface area contributed by atoms with Crippen molar-refractivity contribution < 1.29 is 14.3 Å². The molecule has 0 spiro atoms. The van der Waals surface area contributed by atoms with Gasteiger partial charge in [0.15, 0.2) is 0 Å². The van der Waals surface area contributed by atoms with Crippen molar-refractivity contribution in [1.29, 1.82) is 0 Å². The molecule has 0 bridgehead atoms. The Labute approximate surface area is 122 Å². The van der Waals surface area contributed by atoms with Crippen LogP contribution in [0.25, 0.3) is 0 Å². The smallest absolute Gasteiger partial charge is 0.410 e. The minimum atomic E-state index is -0.463. The van der Waals surface area contributed by atoms with Crippen LogP contribution in [-0.2, 0) is 4.74 Å². The number of ether oxygens (including phenoxy) is 2. The number of nitrogen functional groups attached to an aromatic ring is 1. The fourth-order valence-electron chi connectivity index (χ4n) is 1.93. The lowest BCUT2D eigenvalue weighted by atomic mass is 10.1. The quantitative estimate of drug-likeness (QED) is 0.914. The molecule has 1 aliphatic rings. The summed E-state index contributed by atoms with van der Waals surface area (Å²) in [7, 11) is 0. The number of carbonyl (C=O) groups is 1. The fraction of sp³-hybridized carbons (Fsp3) is 0.750. The zero-order valence-corrected chi connectivity index (χ0v) is 12.8. The van der Waals surface area contributed by atoms with Gasteiger partial charge >= 0.3 is 6.09 Å². The molecule has 0 saturated carbocycles. The molecule has 1 amide bonds. The van der Waals surface area contributed by atoms with Gasteiger partial charge in [0.05, 0.1) is 6.61 Å². The van der Waals surface area contributed by atoms with Crippen LogP contribution in [-0.4, -0.2) is 46.5 Å². The Kier molecular flexibility index (Phi) is 4.32. The number of rotatable bonds is 3. The monoisotopic (exact) mass is 300 g/mol. The maximum atomic E-state index is 11.9. The first kappa shape index (κ1) is 14.8. The van der Waals surface area contributed by atoms with Gasteiger partial charge < -0.3 is 20.1 Å². The number of aromatic nitrogens is 2. The van der Waals surface area contributed by atoms with Crippen molar-refractivity contribution in [2.24, 2.45) is 5.92 Å². The number of amides is 1. The Bertz CT molecular complexity index is 472. The maximum Gasteiger partial charge on any atom is 0.410 e. The number of nitrogens with two attached hydrogens (primary N) is 1. The first-order valence-electron chi connectivity index (χ1n) is 6.53. The summed E-state index contributed by atoms with van der Waals surface area (Å²) in [5.41, 5.74) is 5.02. The van der Waals surface area contributed by atoms with Crippen molar-refractivity contribution in [2.45, 2.75) is 32.8 Å². The number of likely N-dealkylation sites (tertiary alicyclic amines) is 1. The summed E-state index contributed by atoms with van der Waals surface area (Å²) in [4.78, 5) is 13.6. The molecule has 1 atom stereocenters. The van der Waals surface area contributed by atoms with Gasteiger partial charge in [-0.1, -0.05) is 5.10 Å². The number of nitrogens with zero attached hydrogens (tertiary/aromatic N) is 3. The maximum absolute atomic E-state index is 11.9. The predicted molar refractivity (Wildman–Crippen MR) is 75.7 cm³/mol. The number of anilines is 1. The summed E-state index contributed by atoms with van der Waals surface area (Å²) in [5.74, 6) is 0.285. The average molecular weight is 300 g/mol. The molecule has 1 aliphatic heterocycles. The van der Waals surface area contributed by atoms with E-state index in [9.17, 15) is 4.79 Å². The van der Waals surface area contributed by atoms with E-state index >= 15 is 0 Å². The topological polar surface area (TPSA) is 90.6 Å². The van der Waals surface area contributed by atoms with E-state index in [4.69, 9.17) is 15.2 Å². The van der Waals surface area contributed by atoms with E-state index in [1.54, 1.807) is 4.90 Å². The summed E-state index contributed by atoms with van der Waals surface area (Å²) in [6.07, 6.45) is 0.633. The minimum Gasteiger partial charge on any atom is -0.469 e. The van der Waals surface area contributed by atoms with Crippen molar-refractivity contribution >= 4 is 22.6 Å². The third kappa shape index (κ3) is 4.22. The highest BCUT2D eigenvalue weighted by Crippen LogP contribution is 2.23. The van der Waals surface area contributed by atoms with Gasteiger partial charge in [0.1, 0.15) is 5.60 Å². The Morgan fingerprint density at radius 1 is 1.50 bits per heavy atom. The fourth-order valence-corrected chi connectivity index (χ4v) is 2.40. The minimum absolute atomic E-state index is 0.264. The molecule has 1 aromatic heterocycles. The molecule has 8 heteroatoms. The second kappa shape index (κ2) is 5.82. The van der Waals surface area contributed by atoms with Gasteiger partial charge in [0, 0.05) is 19.0 Å². The highest BCUT2D eigenvalue weighted by molar-refractivity contribution is 7.16. The van der Waals surface area contributed by atoms with Gasteiger partial charge in [0.2, 0.25) is 5.13 Å². The normalized spacial score (nSPS) is 19.1. The van der Waals surface area contributed by atoms with E-state index in [2.05, 4.69) is 10.2 Å². The Morgan fingerprint density at radius 2 is 2.25 bits per heavy atom. The van der Waals surface area contributed by atoms with Crippen molar-refractivity contribution in [3.8, 4) is 5.19 Å². The summed E-state index contributed by atoms with van der Waals surface area (Å²) in [6.45, 7) is 7.43. The van der Waals surface area contributed by atoms with E-state index in [0.717, 1.165) is 6.42 Å². The SMILES string of the molecule is CC(C)(C)OC(=O)N1CC[C@H](COc2nnc(N)s2)C1. The first-order chi connectivity index (χ1) is 9.33. The Balaban J connectivity index is 1.76. The van der Waals surface area contributed by atoms with Crippen molar-refractivity contribution in [3.63, 3.8) is 0 Å². The molecule has 112 valence electrons. The second-order valence-electron chi connectivity index (χ2n) is 5.80. The van der Waals surface area contributed by atoms with Crippen LogP contribution < -0.4 is 10.5 Å². The molecule has 20 heavy (non-hydrogen) atoms. The third-order valence-electron chi connectivity index (χ3n) is 2.80. The number of hydrogen-bond acceptors (Lipinski definition) is 7. The molecule has 0 radical (unpaired) electrons. The molecular weight excluding hydrogens is 280 g/mol. The summed E-state index contributed by atoms with van der Waals surface area (Å²) in [5, 5.41) is 8.34. The molecule has 7 nitrogen and oxygen atoms in total. The highest BCUT2D eigenvalue weighted by atomic mass is 32.1. The van der Waals surface area contributed by atoms with E-state index in [0.29, 0.717) is 30.0 Å². The molecule has 2 heterocycles. The number of hydrogen-bond donors (Lipinski definition) is 1. The Hall–Kier alpha value is -1.57.